The van der Waals surface area contributed by atoms with Gasteiger partial charge in [0.25, 0.3) is 0 Å². The molecule has 116 valence electrons. The van der Waals surface area contributed by atoms with Crippen LogP contribution in [0.1, 0.15) is 39.7 Å². The van der Waals surface area contributed by atoms with Gasteiger partial charge in [0.05, 0.1) is 11.9 Å². The largest absolute Gasteiger partial charge is 0.354 e. The number of carbonyl (C=O) groups is 1. The number of aromatic nitrogens is 1. The minimum atomic E-state index is -0.0361. The van der Waals surface area contributed by atoms with E-state index in [0.29, 0.717) is 12.2 Å². The lowest BCUT2D eigenvalue weighted by Crippen LogP contribution is -2.11. The highest BCUT2D eigenvalue weighted by Crippen LogP contribution is 2.24. The number of amides is 1. The number of pyridine rings is 1. The van der Waals surface area contributed by atoms with E-state index in [1.54, 1.807) is 12.3 Å². The maximum absolute atomic E-state index is 11.3. The van der Waals surface area contributed by atoms with Gasteiger partial charge in [-0.3, -0.25) is 4.79 Å². The minimum Gasteiger partial charge on any atom is -0.354 e. The van der Waals surface area contributed by atoms with Gasteiger partial charge in [0.2, 0.25) is 5.91 Å². The van der Waals surface area contributed by atoms with Gasteiger partial charge in [0, 0.05) is 12.1 Å². The summed E-state index contributed by atoms with van der Waals surface area (Å²) in [7, 11) is 0. The van der Waals surface area contributed by atoms with Crippen LogP contribution >= 0.6 is 0 Å². The fraction of sp³-hybridized carbons (Fsp3) is 0.333. The number of anilines is 3. The number of benzene rings is 1. The second kappa shape index (κ2) is 6.60. The Morgan fingerprint density at radius 1 is 1.05 bits per heavy atom. The molecule has 0 saturated heterocycles. The lowest BCUT2D eigenvalue weighted by molar-refractivity contribution is -0.115. The first-order valence-electron chi connectivity index (χ1n) is 7.52. The van der Waals surface area contributed by atoms with E-state index >= 15 is 0 Å². The number of hydrogen-bond acceptors (Lipinski definition) is 3. The third-order valence-corrected chi connectivity index (χ3v) is 3.39. The topological polar surface area (TPSA) is 54.0 Å². The third kappa shape index (κ3) is 4.32. The molecule has 2 rings (SSSR count). The Balaban J connectivity index is 2.03. The highest BCUT2D eigenvalue weighted by Gasteiger charge is 2.12. The van der Waals surface area contributed by atoms with Crippen molar-refractivity contribution in [2.24, 2.45) is 0 Å². The van der Waals surface area contributed by atoms with Crippen LogP contribution < -0.4 is 10.6 Å². The van der Waals surface area contributed by atoms with Gasteiger partial charge in [-0.15, -0.1) is 0 Å². The van der Waals surface area contributed by atoms with Gasteiger partial charge in [-0.05, 0) is 35.2 Å². The molecule has 2 aromatic rings. The van der Waals surface area contributed by atoms with Gasteiger partial charge >= 0.3 is 0 Å². The predicted molar refractivity (Wildman–Crippen MR) is 91.6 cm³/mol. The molecule has 0 saturated carbocycles. The van der Waals surface area contributed by atoms with Crippen molar-refractivity contribution in [1.29, 1.82) is 0 Å². The van der Waals surface area contributed by atoms with Crippen LogP contribution in [0, 0.1) is 0 Å². The van der Waals surface area contributed by atoms with Crippen LogP contribution in [0.2, 0.25) is 0 Å². The molecule has 1 aromatic carbocycles. The smallest absolute Gasteiger partial charge is 0.225 e. The molecule has 1 heterocycles. The Labute approximate surface area is 132 Å². The summed E-state index contributed by atoms with van der Waals surface area (Å²) >= 11 is 0. The molecule has 0 fully saturated rings. The number of carbonyl (C=O) groups excluding carboxylic acids is 1. The number of nitrogens with one attached hydrogen (secondary N) is 2. The fourth-order valence-electron chi connectivity index (χ4n) is 1.99. The van der Waals surface area contributed by atoms with E-state index in [4.69, 9.17) is 0 Å². The molecule has 2 N–H and O–H groups in total. The van der Waals surface area contributed by atoms with Gasteiger partial charge in [0.15, 0.2) is 0 Å². The molecule has 0 aliphatic carbocycles. The zero-order valence-corrected chi connectivity index (χ0v) is 13.6. The average Bonchev–Trinajstić information content (AvgIpc) is 2.49. The van der Waals surface area contributed by atoms with Crippen molar-refractivity contribution < 1.29 is 4.79 Å². The number of hydrogen-bond donors (Lipinski definition) is 2. The zero-order chi connectivity index (χ0) is 16.2. The molecule has 0 unspecified atom stereocenters. The highest BCUT2D eigenvalue weighted by atomic mass is 16.1. The predicted octanol–water partition coefficient (Wildman–Crippen LogP) is 4.47. The van der Waals surface area contributed by atoms with E-state index in [1.165, 1.54) is 5.56 Å². The van der Waals surface area contributed by atoms with Crippen LogP contribution in [0.15, 0.2) is 42.6 Å². The number of rotatable bonds is 4. The number of nitrogens with zero attached hydrogens (tertiary/aromatic N) is 1. The van der Waals surface area contributed by atoms with Crippen molar-refractivity contribution in [2.75, 3.05) is 10.6 Å². The monoisotopic (exact) mass is 297 g/mol. The molecule has 1 aromatic heterocycles. The second-order valence-electron chi connectivity index (χ2n) is 6.29. The van der Waals surface area contributed by atoms with E-state index in [2.05, 4.69) is 60.7 Å². The quantitative estimate of drug-likeness (QED) is 0.875. The van der Waals surface area contributed by atoms with Gasteiger partial charge < -0.3 is 10.6 Å². The summed E-state index contributed by atoms with van der Waals surface area (Å²) < 4.78 is 0. The van der Waals surface area contributed by atoms with E-state index in [0.717, 1.165) is 11.4 Å². The SMILES string of the molecule is CCC(=O)Nc1ccc(Nc2ccc(C(C)(C)C)cc2)cn1. The summed E-state index contributed by atoms with van der Waals surface area (Å²) in [5.74, 6) is 0.534. The van der Waals surface area contributed by atoms with Gasteiger partial charge in [-0.25, -0.2) is 4.98 Å². The summed E-state index contributed by atoms with van der Waals surface area (Å²) in [5, 5.41) is 6.03. The summed E-state index contributed by atoms with van der Waals surface area (Å²) in [6.45, 7) is 8.40. The molecule has 4 heteroatoms. The van der Waals surface area contributed by atoms with Crippen LogP contribution in [0.5, 0.6) is 0 Å². The first-order valence-corrected chi connectivity index (χ1v) is 7.52. The summed E-state index contributed by atoms with van der Waals surface area (Å²) in [6.07, 6.45) is 2.16. The Bertz CT molecular complexity index is 625. The van der Waals surface area contributed by atoms with Gasteiger partial charge in [-0.1, -0.05) is 39.8 Å². The van der Waals surface area contributed by atoms with Crippen molar-refractivity contribution in [3.63, 3.8) is 0 Å². The van der Waals surface area contributed by atoms with Crippen molar-refractivity contribution in [1.82, 2.24) is 4.98 Å². The van der Waals surface area contributed by atoms with Crippen molar-refractivity contribution in [3.8, 4) is 0 Å². The van der Waals surface area contributed by atoms with E-state index in [-0.39, 0.29) is 11.3 Å². The van der Waals surface area contributed by atoms with E-state index < -0.39 is 0 Å². The van der Waals surface area contributed by atoms with Crippen molar-refractivity contribution in [2.45, 2.75) is 39.5 Å². The summed E-state index contributed by atoms with van der Waals surface area (Å²) in [4.78, 5) is 15.5. The molecule has 1 amide bonds. The highest BCUT2D eigenvalue weighted by molar-refractivity contribution is 5.89. The molecule has 0 radical (unpaired) electrons. The van der Waals surface area contributed by atoms with Crippen molar-refractivity contribution in [3.05, 3.63) is 48.2 Å². The molecule has 0 atom stereocenters. The lowest BCUT2D eigenvalue weighted by atomic mass is 9.87. The van der Waals surface area contributed by atoms with Crippen LogP contribution in [-0.2, 0) is 10.2 Å². The summed E-state index contributed by atoms with van der Waals surface area (Å²) in [6, 6.07) is 12.1. The zero-order valence-electron chi connectivity index (χ0n) is 13.6. The fourth-order valence-corrected chi connectivity index (χ4v) is 1.99. The molecular weight excluding hydrogens is 274 g/mol. The second-order valence-corrected chi connectivity index (χ2v) is 6.29. The van der Waals surface area contributed by atoms with Crippen molar-refractivity contribution >= 4 is 23.1 Å². The Hall–Kier alpha value is -2.36. The first-order chi connectivity index (χ1) is 10.4. The van der Waals surface area contributed by atoms with Crippen LogP contribution in [0.3, 0.4) is 0 Å². The molecular formula is C18H23N3O. The van der Waals surface area contributed by atoms with Gasteiger partial charge in [0.1, 0.15) is 5.82 Å². The molecule has 0 spiro atoms. The minimum absolute atomic E-state index is 0.0361. The third-order valence-electron chi connectivity index (χ3n) is 3.39. The Morgan fingerprint density at radius 3 is 2.18 bits per heavy atom. The lowest BCUT2D eigenvalue weighted by Gasteiger charge is -2.19. The molecule has 0 bridgehead atoms. The maximum atomic E-state index is 11.3. The molecule has 22 heavy (non-hydrogen) atoms. The van der Waals surface area contributed by atoms with Crippen LogP contribution in [0.4, 0.5) is 17.2 Å². The summed E-state index contributed by atoms with van der Waals surface area (Å²) in [5.41, 5.74) is 3.35. The molecule has 0 aliphatic rings. The first kappa shape index (κ1) is 16.0. The van der Waals surface area contributed by atoms with E-state index in [1.807, 2.05) is 13.0 Å². The van der Waals surface area contributed by atoms with Crippen LogP contribution in [0.25, 0.3) is 0 Å². The Kier molecular flexibility index (Phi) is 4.81. The van der Waals surface area contributed by atoms with Crippen LogP contribution in [-0.4, -0.2) is 10.9 Å². The Morgan fingerprint density at radius 2 is 1.68 bits per heavy atom. The molecule has 4 nitrogen and oxygen atoms in total. The molecule has 0 aliphatic heterocycles. The normalized spacial score (nSPS) is 11.1. The van der Waals surface area contributed by atoms with E-state index in [9.17, 15) is 4.79 Å². The maximum Gasteiger partial charge on any atom is 0.225 e. The average molecular weight is 297 g/mol. The van der Waals surface area contributed by atoms with Gasteiger partial charge in [-0.2, -0.15) is 0 Å². The standard InChI is InChI=1S/C18H23N3O/c1-5-17(22)21-16-11-10-15(12-19-16)20-14-8-6-13(7-9-14)18(2,3)4/h6-12,20H,5H2,1-4H3,(H,19,21,22).